The third-order valence-corrected chi connectivity index (χ3v) is 7.72. The Bertz CT molecular complexity index is 610. The van der Waals surface area contributed by atoms with Crippen molar-refractivity contribution in [3.05, 3.63) is 21.4 Å². The Morgan fingerprint density at radius 1 is 1.28 bits per heavy atom. The average Bonchev–Trinajstić information content (AvgIpc) is 3.03. The first-order chi connectivity index (χ1) is 12.0. The van der Waals surface area contributed by atoms with Gasteiger partial charge in [-0.1, -0.05) is 6.92 Å². The quantitative estimate of drug-likeness (QED) is 0.894. The maximum Gasteiger partial charge on any atom is 0.0969 e. The van der Waals surface area contributed by atoms with Crippen LogP contribution < -0.4 is 0 Å². The molecule has 0 amide bonds. The molecule has 5 heteroatoms. The summed E-state index contributed by atoms with van der Waals surface area (Å²) in [6, 6.07) is 2.84. The number of aryl methyl sites for hydroxylation is 1. The smallest absolute Gasteiger partial charge is 0.0969 e. The summed E-state index contributed by atoms with van der Waals surface area (Å²) in [4.78, 5) is 5.51. The summed E-state index contributed by atoms with van der Waals surface area (Å²) >= 11 is 1.99. The lowest BCUT2D eigenvalue weighted by atomic mass is 9.78. The number of likely N-dealkylation sites (tertiary alicyclic amines) is 1. The molecule has 3 aliphatic heterocycles. The zero-order chi connectivity index (χ0) is 17.5. The molecule has 1 aromatic rings. The fourth-order valence-electron chi connectivity index (χ4n) is 4.80. The van der Waals surface area contributed by atoms with E-state index in [1.807, 2.05) is 11.3 Å². The van der Waals surface area contributed by atoms with Crippen LogP contribution in [0.4, 0.5) is 0 Å². The molecule has 0 bridgehead atoms. The Labute approximate surface area is 155 Å². The Morgan fingerprint density at radius 2 is 2.08 bits per heavy atom. The molecule has 2 fully saturated rings. The minimum Gasteiger partial charge on any atom is -0.388 e. The number of nitrogens with zero attached hydrogens (tertiary/aromatic N) is 1. The summed E-state index contributed by atoms with van der Waals surface area (Å²) in [5, 5.41) is 10.9. The van der Waals surface area contributed by atoms with Crippen molar-refractivity contribution in [3.8, 4) is 0 Å². The molecule has 1 N–H and O–H groups in total. The van der Waals surface area contributed by atoms with Gasteiger partial charge in [-0.25, -0.2) is 0 Å². The Balaban J connectivity index is 1.49. The Kier molecular flexibility index (Phi) is 4.97. The van der Waals surface area contributed by atoms with Gasteiger partial charge in [0.2, 0.25) is 0 Å². The highest BCUT2D eigenvalue weighted by Crippen LogP contribution is 2.46. The standard InChI is InChI=1S/C20H31NO3S/c1-3-16-12-17-18(25-16)4-9-24-20(17)5-8-21(15(2)13-20)14-19(22)6-10-23-11-7-19/h12,15,22H,3-11,13-14H2,1-2H3/t15-,20+/m0/s1. The van der Waals surface area contributed by atoms with Crippen LogP contribution in [0.5, 0.6) is 0 Å². The summed E-state index contributed by atoms with van der Waals surface area (Å²) in [5.41, 5.74) is 0.802. The normalized spacial score (nSPS) is 32.7. The molecule has 4 heterocycles. The topological polar surface area (TPSA) is 41.9 Å². The van der Waals surface area contributed by atoms with E-state index in [4.69, 9.17) is 9.47 Å². The third-order valence-electron chi connectivity index (χ3n) is 6.38. The monoisotopic (exact) mass is 365 g/mol. The van der Waals surface area contributed by atoms with Crippen molar-refractivity contribution in [2.24, 2.45) is 0 Å². The maximum absolute atomic E-state index is 10.9. The average molecular weight is 366 g/mol. The van der Waals surface area contributed by atoms with Gasteiger partial charge < -0.3 is 14.6 Å². The lowest BCUT2D eigenvalue weighted by Gasteiger charge is -2.49. The molecule has 4 rings (SSSR count). The van der Waals surface area contributed by atoms with E-state index in [1.54, 1.807) is 4.88 Å². The molecular formula is C20H31NO3S. The predicted octanol–water partition coefficient (Wildman–Crippen LogP) is 3.10. The van der Waals surface area contributed by atoms with E-state index in [-0.39, 0.29) is 5.60 Å². The van der Waals surface area contributed by atoms with Crippen LogP contribution >= 0.6 is 11.3 Å². The summed E-state index contributed by atoms with van der Waals surface area (Å²) in [6.07, 6.45) is 5.77. The van der Waals surface area contributed by atoms with Crippen LogP contribution in [0.1, 0.15) is 54.8 Å². The molecule has 2 atom stereocenters. The number of hydrogen-bond acceptors (Lipinski definition) is 5. The summed E-state index contributed by atoms with van der Waals surface area (Å²) in [5.74, 6) is 0. The van der Waals surface area contributed by atoms with E-state index < -0.39 is 5.60 Å². The van der Waals surface area contributed by atoms with Gasteiger partial charge in [-0.05, 0) is 37.8 Å². The molecule has 4 nitrogen and oxygen atoms in total. The predicted molar refractivity (Wildman–Crippen MR) is 100 cm³/mol. The molecule has 0 radical (unpaired) electrons. The number of piperidine rings is 1. The molecule has 0 unspecified atom stereocenters. The van der Waals surface area contributed by atoms with Gasteiger partial charge in [-0.15, -0.1) is 11.3 Å². The van der Waals surface area contributed by atoms with Crippen molar-refractivity contribution >= 4 is 11.3 Å². The van der Waals surface area contributed by atoms with Crippen LogP contribution in [0, 0.1) is 0 Å². The van der Waals surface area contributed by atoms with Gasteiger partial charge in [0.1, 0.15) is 0 Å². The summed E-state index contributed by atoms with van der Waals surface area (Å²) in [7, 11) is 0. The minimum absolute atomic E-state index is 0.0916. The van der Waals surface area contributed by atoms with Crippen LogP contribution in [-0.4, -0.2) is 54.6 Å². The van der Waals surface area contributed by atoms with E-state index in [9.17, 15) is 5.11 Å². The zero-order valence-corrected chi connectivity index (χ0v) is 16.4. The highest BCUT2D eigenvalue weighted by Gasteiger charge is 2.45. The van der Waals surface area contributed by atoms with Crippen LogP contribution in [0.3, 0.4) is 0 Å². The molecule has 25 heavy (non-hydrogen) atoms. The van der Waals surface area contributed by atoms with Crippen LogP contribution in [-0.2, 0) is 27.9 Å². The lowest BCUT2D eigenvalue weighted by molar-refractivity contribution is -0.132. The van der Waals surface area contributed by atoms with Crippen molar-refractivity contribution in [1.29, 1.82) is 0 Å². The summed E-state index contributed by atoms with van der Waals surface area (Å²) < 4.78 is 11.8. The zero-order valence-electron chi connectivity index (χ0n) is 15.6. The highest BCUT2D eigenvalue weighted by atomic mass is 32.1. The maximum atomic E-state index is 10.9. The fraction of sp³-hybridized carbons (Fsp3) is 0.800. The number of fused-ring (bicyclic) bond motifs is 2. The number of thiophene rings is 1. The second-order valence-electron chi connectivity index (χ2n) is 8.11. The van der Waals surface area contributed by atoms with E-state index in [0.29, 0.717) is 19.3 Å². The second-order valence-corrected chi connectivity index (χ2v) is 9.33. The van der Waals surface area contributed by atoms with Crippen molar-refractivity contribution < 1.29 is 14.6 Å². The minimum atomic E-state index is -0.576. The van der Waals surface area contributed by atoms with Gasteiger partial charge in [-0.3, -0.25) is 4.90 Å². The molecule has 140 valence electrons. The van der Waals surface area contributed by atoms with Crippen molar-refractivity contribution in [2.45, 2.75) is 69.6 Å². The van der Waals surface area contributed by atoms with E-state index >= 15 is 0 Å². The van der Waals surface area contributed by atoms with Gasteiger partial charge in [0, 0.05) is 61.4 Å². The largest absolute Gasteiger partial charge is 0.388 e. The molecule has 1 spiro atoms. The van der Waals surface area contributed by atoms with Crippen molar-refractivity contribution in [3.63, 3.8) is 0 Å². The van der Waals surface area contributed by atoms with Crippen LogP contribution in [0.15, 0.2) is 6.07 Å². The van der Waals surface area contributed by atoms with Gasteiger partial charge >= 0.3 is 0 Å². The third kappa shape index (κ3) is 3.42. The first-order valence-electron chi connectivity index (χ1n) is 9.84. The molecule has 2 saturated heterocycles. The first-order valence-corrected chi connectivity index (χ1v) is 10.7. The Hall–Kier alpha value is -0.460. The number of rotatable bonds is 3. The molecule has 0 aliphatic carbocycles. The number of aliphatic hydroxyl groups is 1. The van der Waals surface area contributed by atoms with Gasteiger partial charge in [0.15, 0.2) is 0 Å². The fourth-order valence-corrected chi connectivity index (χ4v) is 5.98. The molecule has 0 saturated carbocycles. The first kappa shape index (κ1) is 17.9. The lowest BCUT2D eigenvalue weighted by Crippen LogP contribution is -2.55. The highest BCUT2D eigenvalue weighted by molar-refractivity contribution is 7.12. The van der Waals surface area contributed by atoms with E-state index in [0.717, 1.165) is 58.2 Å². The molecular weight excluding hydrogens is 334 g/mol. The number of β-amino-alcohol motifs (C(OH)–C–C–N with tert-alkyl or cyclic N) is 1. The molecule has 3 aliphatic rings. The van der Waals surface area contributed by atoms with Crippen molar-refractivity contribution in [2.75, 3.05) is 32.9 Å². The van der Waals surface area contributed by atoms with E-state index in [1.165, 1.54) is 10.4 Å². The SMILES string of the molecule is CCc1cc2c(s1)CCO[C@@]21CCN(CC2(O)CCOCC2)[C@@H](C)C1. The van der Waals surface area contributed by atoms with Gasteiger partial charge in [0.05, 0.1) is 17.8 Å². The number of ether oxygens (including phenoxy) is 2. The van der Waals surface area contributed by atoms with Gasteiger partial charge in [-0.2, -0.15) is 0 Å². The van der Waals surface area contributed by atoms with Crippen LogP contribution in [0.25, 0.3) is 0 Å². The molecule has 0 aromatic carbocycles. The van der Waals surface area contributed by atoms with Crippen LogP contribution in [0.2, 0.25) is 0 Å². The summed E-state index contributed by atoms with van der Waals surface area (Å²) in [6.45, 7) is 8.53. The number of hydrogen-bond donors (Lipinski definition) is 1. The second kappa shape index (κ2) is 6.93. The van der Waals surface area contributed by atoms with Crippen molar-refractivity contribution in [1.82, 2.24) is 4.90 Å². The Morgan fingerprint density at radius 3 is 2.80 bits per heavy atom. The van der Waals surface area contributed by atoms with E-state index in [2.05, 4.69) is 24.8 Å². The molecule has 1 aromatic heterocycles. The van der Waals surface area contributed by atoms with Gasteiger partial charge in [0.25, 0.3) is 0 Å².